The first kappa shape index (κ1) is 20.9. The van der Waals surface area contributed by atoms with Gasteiger partial charge in [0.05, 0.1) is 24.5 Å². The van der Waals surface area contributed by atoms with E-state index in [0.29, 0.717) is 24.7 Å². The number of carbonyl (C=O) groups excluding carboxylic acids is 1. The minimum absolute atomic E-state index is 0.0417. The zero-order valence-corrected chi connectivity index (χ0v) is 17.7. The monoisotopic (exact) mass is 450 g/mol. The van der Waals surface area contributed by atoms with Gasteiger partial charge in [-0.3, -0.25) is 9.48 Å². The second kappa shape index (κ2) is 8.50. The van der Waals surface area contributed by atoms with Crippen LogP contribution in [0.4, 0.5) is 8.78 Å². The van der Waals surface area contributed by atoms with Crippen LogP contribution in [0, 0.1) is 6.92 Å². The second-order valence-corrected chi connectivity index (χ2v) is 7.69. The molecule has 0 bridgehead atoms. The Balaban J connectivity index is 1.42. The highest BCUT2D eigenvalue weighted by Gasteiger charge is 2.28. The zero-order chi connectivity index (χ0) is 22.9. The summed E-state index contributed by atoms with van der Waals surface area (Å²) in [6.45, 7) is -0.262. The lowest BCUT2D eigenvalue weighted by Crippen LogP contribution is -2.30. The van der Waals surface area contributed by atoms with E-state index in [4.69, 9.17) is 4.42 Å². The summed E-state index contributed by atoms with van der Waals surface area (Å²) in [5.41, 5.74) is 3.82. The molecule has 0 unspecified atom stereocenters. The van der Waals surface area contributed by atoms with Gasteiger partial charge in [0.15, 0.2) is 5.89 Å². The van der Waals surface area contributed by atoms with Crippen LogP contribution in [0.3, 0.4) is 0 Å². The maximum absolute atomic E-state index is 13.1. The Hall–Kier alpha value is -4.01. The number of hydrogen-bond acceptors (Lipinski definition) is 5. The molecule has 33 heavy (non-hydrogen) atoms. The van der Waals surface area contributed by atoms with Gasteiger partial charge in [0.1, 0.15) is 23.7 Å². The number of ether oxygens (including phenoxy) is 1. The van der Waals surface area contributed by atoms with Crippen LogP contribution in [0.15, 0.2) is 65.1 Å². The molecule has 2 aromatic heterocycles. The molecule has 0 saturated carbocycles. The number of benzene rings is 2. The van der Waals surface area contributed by atoms with E-state index in [1.54, 1.807) is 28.6 Å². The van der Waals surface area contributed by atoms with Gasteiger partial charge in [0, 0.05) is 12.5 Å². The SMILES string of the molecule is Cc1nc2c(o1)CN(C(=O)Cn1nc(-c3ccc(OC(F)F)cc3)cc1-c1ccccc1)C2. The van der Waals surface area contributed by atoms with Gasteiger partial charge in [0.25, 0.3) is 0 Å². The fourth-order valence-corrected chi connectivity index (χ4v) is 3.90. The molecule has 1 aliphatic rings. The fraction of sp³-hybridized carbons (Fsp3) is 0.208. The number of aryl methyl sites for hydroxylation is 1. The Morgan fingerprint density at radius 1 is 1.09 bits per heavy atom. The van der Waals surface area contributed by atoms with Crippen molar-refractivity contribution >= 4 is 5.91 Å². The number of oxazole rings is 1. The number of amides is 1. The summed E-state index contributed by atoms with van der Waals surface area (Å²) in [7, 11) is 0. The maximum Gasteiger partial charge on any atom is 0.387 e. The minimum Gasteiger partial charge on any atom is -0.444 e. The van der Waals surface area contributed by atoms with Gasteiger partial charge >= 0.3 is 6.61 Å². The zero-order valence-electron chi connectivity index (χ0n) is 17.7. The van der Waals surface area contributed by atoms with Crippen LogP contribution in [0.2, 0.25) is 0 Å². The lowest BCUT2D eigenvalue weighted by Gasteiger charge is -2.16. The van der Waals surface area contributed by atoms with Crippen LogP contribution in [0.25, 0.3) is 22.5 Å². The van der Waals surface area contributed by atoms with Gasteiger partial charge in [-0.05, 0) is 35.9 Å². The van der Waals surface area contributed by atoms with Crippen molar-refractivity contribution in [2.24, 2.45) is 0 Å². The molecule has 0 aliphatic carbocycles. The Morgan fingerprint density at radius 2 is 1.85 bits per heavy atom. The van der Waals surface area contributed by atoms with E-state index in [1.807, 2.05) is 36.4 Å². The number of aromatic nitrogens is 3. The summed E-state index contributed by atoms with van der Waals surface area (Å²) in [5.74, 6) is 1.28. The predicted octanol–water partition coefficient (Wildman–Crippen LogP) is 4.66. The largest absolute Gasteiger partial charge is 0.444 e. The summed E-state index contributed by atoms with van der Waals surface area (Å²) in [6, 6.07) is 17.8. The highest BCUT2D eigenvalue weighted by atomic mass is 19.3. The Labute approximate surface area is 188 Å². The Kier molecular flexibility index (Phi) is 5.37. The van der Waals surface area contributed by atoms with Crippen LogP contribution < -0.4 is 4.74 Å². The van der Waals surface area contributed by atoms with Crippen molar-refractivity contribution in [3.05, 3.63) is 78.0 Å². The molecule has 2 aromatic carbocycles. The standard InChI is InChI=1S/C24H20F2N4O3/c1-15-27-20-12-29(13-22(20)32-15)23(31)14-30-21(17-5-3-2-4-6-17)11-19(28-30)16-7-9-18(10-8-16)33-24(25)26/h2-11,24H,12-14H2,1H3. The summed E-state index contributed by atoms with van der Waals surface area (Å²) >= 11 is 0. The topological polar surface area (TPSA) is 73.4 Å². The summed E-state index contributed by atoms with van der Waals surface area (Å²) < 4.78 is 36.5. The third-order valence-electron chi connectivity index (χ3n) is 5.42. The van der Waals surface area contributed by atoms with E-state index in [0.717, 1.165) is 28.3 Å². The van der Waals surface area contributed by atoms with Gasteiger partial charge in [-0.25, -0.2) is 4.98 Å². The van der Waals surface area contributed by atoms with Crippen LogP contribution in [0.1, 0.15) is 17.3 Å². The molecule has 0 atom stereocenters. The number of alkyl halides is 2. The molecular weight excluding hydrogens is 430 g/mol. The number of rotatable bonds is 6. The van der Waals surface area contributed by atoms with Crippen LogP contribution in [-0.2, 0) is 24.4 Å². The third-order valence-corrected chi connectivity index (χ3v) is 5.42. The highest BCUT2D eigenvalue weighted by Crippen LogP contribution is 2.29. The molecule has 5 rings (SSSR count). The van der Waals surface area contributed by atoms with Crippen molar-refractivity contribution in [3.63, 3.8) is 0 Å². The predicted molar refractivity (Wildman–Crippen MR) is 115 cm³/mol. The molecule has 168 valence electrons. The molecule has 9 heteroatoms. The quantitative estimate of drug-likeness (QED) is 0.427. The maximum atomic E-state index is 13.1. The van der Waals surface area contributed by atoms with E-state index < -0.39 is 6.61 Å². The Bertz CT molecular complexity index is 1260. The summed E-state index contributed by atoms with van der Waals surface area (Å²) in [6.07, 6.45) is 0. The number of nitrogens with zero attached hydrogens (tertiary/aromatic N) is 4. The summed E-state index contributed by atoms with van der Waals surface area (Å²) in [5, 5.41) is 4.65. The van der Waals surface area contributed by atoms with E-state index >= 15 is 0 Å². The van der Waals surface area contributed by atoms with Crippen molar-refractivity contribution in [2.75, 3.05) is 0 Å². The first-order chi connectivity index (χ1) is 16.0. The van der Waals surface area contributed by atoms with Gasteiger partial charge < -0.3 is 14.1 Å². The number of hydrogen-bond donors (Lipinski definition) is 0. The molecule has 1 aliphatic heterocycles. The first-order valence-corrected chi connectivity index (χ1v) is 10.4. The van der Waals surface area contributed by atoms with Crippen molar-refractivity contribution in [1.29, 1.82) is 0 Å². The van der Waals surface area contributed by atoms with Crippen molar-refractivity contribution in [2.45, 2.75) is 33.2 Å². The van der Waals surface area contributed by atoms with E-state index in [1.165, 1.54) is 12.1 Å². The molecule has 4 aromatic rings. The lowest BCUT2D eigenvalue weighted by molar-refractivity contribution is -0.132. The molecule has 0 radical (unpaired) electrons. The fourth-order valence-electron chi connectivity index (χ4n) is 3.90. The molecule has 0 saturated heterocycles. The van der Waals surface area contributed by atoms with Gasteiger partial charge in [-0.2, -0.15) is 13.9 Å². The van der Waals surface area contributed by atoms with Crippen LogP contribution in [0.5, 0.6) is 5.75 Å². The number of carbonyl (C=O) groups is 1. The molecule has 0 N–H and O–H groups in total. The summed E-state index contributed by atoms with van der Waals surface area (Å²) in [4.78, 5) is 19.1. The van der Waals surface area contributed by atoms with Gasteiger partial charge in [-0.15, -0.1) is 0 Å². The minimum atomic E-state index is -2.88. The average molecular weight is 450 g/mol. The van der Waals surface area contributed by atoms with E-state index in [9.17, 15) is 13.6 Å². The highest BCUT2D eigenvalue weighted by molar-refractivity contribution is 5.78. The van der Waals surface area contributed by atoms with Crippen LogP contribution in [-0.4, -0.2) is 32.2 Å². The molecule has 0 fully saturated rings. The van der Waals surface area contributed by atoms with Crippen LogP contribution >= 0.6 is 0 Å². The molecule has 3 heterocycles. The normalized spacial score (nSPS) is 12.9. The smallest absolute Gasteiger partial charge is 0.387 e. The average Bonchev–Trinajstić information content (AvgIpc) is 3.47. The van der Waals surface area contributed by atoms with E-state index in [-0.39, 0.29) is 18.2 Å². The lowest BCUT2D eigenvalue weighted by atomic mass is 10.1. The molecule has 0 spiro atoms. The Morgan fingerprint density at radius 3 is 2.55 bits per heavy atom. The number of fused-ring (bicyclic) bond motifs is 1. The van der Waals surface area contributed by atoms with Crippen molar-refractivity contribution in [3.8, 4) is 28.3 Å². The van der Waals surface area contributed by atoms with Gasteiger partial charge in [0.2, 0.25) is 5.91 Å². The molecule has 1 amide bonds. The molecule has 7 nitrogen and oxygen atoms in total. The molecular formula is C24H20F2N4O3. The van der Waals surface area contributed by atoms with Crippen molar-refractivity contribution in [1.82, 2.24) is 19.7 Å². The second-order valence-electron chi connectivity index (χ2n) is 7.69. The van der Waals surface area contributed by atoms with E-state index in [2.05, 4.69) is 14.8 Å². The first-order valence-electron chi connectivity index (χ1n) is 10.4. The third kappa shape index (κ3) is 4.34. The number of halogens is 2. The van der Waals surface area contributed by atoms with Crippen molar-refractivity contribution < 1.29 is 22.7 Å². The van der Waals surface area contributed by atoms with Gasteiger partial charge in [-0.1, -0.05) is 30.3 Å².